The molecule has 1 unspecified atom stereocenters. The van der Waals surface area contributed by atoms with Crippen LogP contribution in [-0.2, 0) is 0 Å². The van der Waals surface area contributed by atoms with Crippen molar-refractivity contribution in [2.24, 2.45) is 0 Å². The molecule has 3 N–H and O–H groups in total. The van der Waals surface area contributed by atoms with Gasteiger partial charge in [-0.2, -0.15) is 0 Å². The number of amides is 1. The lowest BCUT2D eigenvalue weighted by Crippen LogP contribution is -2.14. The average Bonchev–Trinajstić information content (AvgIpc) is 3.39. The van der Waals surface area contributed by atoms with Gasteiger partial charge in [-0.3, -0.25) is 9.20 Å². The van der Waals surface area contributed by atoms with E-state index < -0.39 is 0 Å². The summed E-state index contributed by atoms with van der Waals surface area (Å²) in [6, 6.07) is 12.7. The van der Waals surface area contributed by atoms with Gasteiger partial charge >= 0.3 is 0 Å². The van der Waals surface area contributed by atoms with E-state index in [1.54, 1.807) is 36.7 Å². The summed E-state index contributed by atoms with van der Waals surface area (Å²) < 4.78 is 2.06. The monoisotopic (exact) mass is 413 g/mol. The molecule has 1 fully saturated rings. The van der Waals surface area contributed by atoms with Gasteiger partial charge in [0.25, 0.3) is 5.91 Å². The molecule has 4 aromatic rings. The largest absolute Gasteiger partial charge is 0.382 e. The smallest absolute Gasteiger partial charge is 0.256 e. The van der Waals surface area contributed by atoms with Gasteiger partial charge in [0.15, 0.2) is 0 Å². The van der Waals surface area contributed by atoms with Crippen LogP contribution < -0.4 is 11.1 Å². The second-order valence-electron chi connectivity index (χ2n) is 7.84. The highest BCUT2D eigenvalue weighted by molar-refractivity contribution is 6.04. The minimum absolute atomic E-state index is 0.212. The quantitative estimate of drug-likeness (QED) is 0.533. The molecule has 5 rings (SSSR count). The Balaban J connectivity index is 1.49. The van der Waals surface area contributed by atoms with Crippen LogP contribution in [0.25, 0.3) is 16.8 Å². The second kappa shape index (κ2) is 7.81. The van der Waals surface area contributed by atoms with E-state index in [1.165, 1.54) is 0 Å². The molecule has 8 heteroatoms. The van der Waals surface area contributed by atoms with Crippen LogP contribution >= 0.6 is 0 Å². The predicted octanol–water partition coefficient (Wildman–Crippen LogP) is 3.04. The maximum absolute atomic E-state index is 12.5. The van der Waals surface area contributed by atoms with Crippen LogP contribution in [0.3, 0.4) is 0 Å². The summed E-state index contributed by atoms with van der Waals surface area (Å²) in [6.07, 6.45) is 6.33. The second-order valence-corrected chi connectivity index (χ2v) is 7.84. The Morgan fingerprint density at radius 2 is 1.97 bits per heavy atom. The number of nitrogens with two attached hydrogens (primary N) is 1. The summed E-state index contributed by atoms with van der Waals surface area (Å²) in [6.45, 7) is 2.02. The number of likely N-dealkylation sites (N-methyl/N-ethyl adjacent to an activating group) is 1. The first-order valence-corrected chi connectivity index (χ1v) is 10.2. The lowest BCUT2D eigenvalue weighted by Gasteiger charge is -2.09. The Bertz CT molecular complexity index is 1230. The first kappa shape index (κ1) is 19.2. The van der Waals surface area contributed by atoms with Gasteiger partial charge < -0.3 is 16.0 Å². The molecule has 1 aliphatic rings. The molecule has 0 spiro atoms. The fraction of sp³-hybridized carbons (Fsp3) is 0.217. The molecule has 4 heterocycles. The average molecular weight is 413 g/mol. The lowest BCUT2D eigenvalue weighted by molar-refractivity contribution is 0.102. The van der Waals surface area contributed by atoms with E-state index in [-0.39, 0.29) is 5.91 Å². The topological polar surface area (TPSA) is 101 Å². The molecule has 0 saturated carbocycles. The van der Waals surface area contributed by atoms with Crippen molar-refractivity contribution >= 4 is 23.1 Å². The van der Waals surface area contributed by atoms with Crippen molar-refractivity contribution in [2.75, 3.05) is 31.2 Å². The van der Waals surface area contributed by atoms with Crippen LogP contribution in [0.1, 0.15) is 28.5 Å². The van der Waals surface area contributed by atoms with E-state index in [0.717, 1.165) is 42.1 Å². The molecule has 3 aromatic heterocycles. The van der Waals surface area contributed by atoms with Crippen LogP contribution in [0.2, 0.25) is 0 Å². The number of hydrogen-bond donors (Lipinski definition) is 2. The number of nitrogens with zero attached hydrogens (tertiary/aromatic N) is 5. The first-order chi connectivity index (χ1) is 15.1. The molecule has 1 amide bonds. The van der Waals surface area contributed by atoms with Gasteiger partial charge in [0.2, 0.25) is 0 Å². The van der Waals surface area contributed by atoms with Gasteiger partial charge in [0.05, 0.1) is 0 Å². The molecule has 1 aromatic carbocycles. The number of anilines is 2. The van der Waals surface area contributed by atoms with Crippen molar-refractivity contribution in [2.45, 2.75) is 12.3 Å². The maximum atomic E-state index is 12.5. The van der Waals surface area contributed by atoms with Gasteiger partial charge in [-0.1, -0.05) is 18.2 Å². The zero-order chi connectivity index (χ0) is 21.4. The molecule has 0 aliphatic carbocycles. The van der Waals surface area contributed by atoms with E-state index in [1.807, 2.05) is 24.4 Å². The Morgan fingerprint density at radius 1 is 1.13 bits per heavy atom. The minimum Gasteiger partial charge on any atom is -0.382 e. The number of rotatable bonds is 4. The van der Waals surface area contributed by atoms with Crippen molar-refractivity contribution in [3.05, 3.63) is 72.4 Å². The molecular formula is C23H23N7O. The Hall–Kier alpha value is -3.78. The Kier molecular flexibility index (Phi) is 4.83. The van der Waals surface area contributed by atoms with Crippen molar-refractivity contribution < 1.29 is 4.79 Å². The maximum Gasteiger partial charge on any atom is 0.256 e. The fourth-order valence-corrected chi connectivity index (χ4v) is 4.13. The van der Waals surface area contributed by atoms with E-state index in [2.05, 4.69) is 31.6 Å². The van der Waals surface area contributed by atoms with Gasteiger partial charge in [-0.25, -0.2) is 15.0 Å². The molecule has 31 heavy (non-hydrogen) atoms. The highest BCUT2D eigenvalue weighted by Crippen LogP contribution is 2.33. The number of hydrogen-bond acceptors (Lipinski definition) is 6. The van der Waals surface area contributed by atoms with Crippen LogP contribution in [0.5, 0.6) is 0 Å². The van der Waals surface area contributed by atoms with Crippen LogP contribution in [0.15, 0.2) is 61.1 Å². The van der Waals surface area contributed by atoms with Crippen LogP contribution in [-0.4, -0.2) is 50.3 Å². The molecular weight excluding hydrogens is 390 g/mol. The zero-order valence-electron chi connectivity index (χ0n) is 17.2. The third-order valence-electron chi connectivity index (χ3n) is 5.69. The van der Waals surface area contributed by atoms with Crippen molar-refractivity contribution in [3.8, 4) is 11.3 Å². The van der Waals surface area contributed by atoms with Gasteiger partial charge in [0, 0.05) is 42.2 Å². The fourth-order valence-electron chi connectivity index (χ4n) is 4.13. The standard InChI is InChI=1S/C23H23N7O/c1-29-12-9-17(14-29)22-28-19(20-21(24)26-11-13-30(20)22)15-5-7-16(8-6-15)23(31)27-18-4-2-3-10-25-18/h2-8,10-11,13,17H,9,12,14H2,1H3,(H2,24,26)(H,25,27,31). The number of pyridine rings is 1. The van der Waals surface area contributed by atoms with Gasteiger partial charge in [-0.15, -0.1) is 0 Å². The Labute approximate surface area is 179 Å². The summed E-state index contributed by atoms with van der Waals surface area (Å²) in [5.41, 5.74) is 9.27. The number of aromatic nitrogens is 4. The molecule has 0 radical (unpaired) electrons. The minimum atomic E-state index is -0.212. The predicted molar refractivity (Wildman–Crippen MR) is 120 cm³/mol. The number of benzene rings is 1. The lowest BCUT2D eigenvalue weighted by atomic mass is 10.1. The first-order valence-electron chi connectivity index (χ1n) is 10.2. The molecule has 1 saturated heterocycles. The number of fused-ring (bicyclic) bond motifs is 1. The number of imidazole rings is 1. The highest BCUT2D eigenvalue weighted by atomic mass is 16.1. The van der Waals surface area contributed by atoms with Crippen LogP contribution in [0.4, 0.5) is 11.6 Å². The number of nitrogens with one attached hydrogen (secondary N) is 1. The van der Waals surface area contributed by atoms with Gasteiger partial charge in [-0.05, 0) is 44.3 Å². The molecule has 1 atom stereocenters. The summed E-state index contributed by atoms with van der Waals surface area (Å²) in [5, 5.41) is 2.80. The number of carbonyl (C=O) groups is 1. The third-order valence-corrected chi connectivity index (χ3v) is 5.69. The van der Waals surface area contributed by atoms with E-state index in [9.17, 15) is 4.79 Å². The van der Waals surface area contributed by atoms with Crippen molar-refractivity contribution in [3.63, 3.8) is 0 Å². The van der Waals surface area contributed by atoms with E-state index in [4.69, 9.17) is 10.7 Å². The Morgan fingerprint density at radius 3 is 2.68 bits per heavy atom. The SMILES string of the molecule is CN1CCC(c2nc(-c3ccc(C(=O)Nc4ccccn4)cc3)c3c(N)nccn23)C1. The molecule has 1 aliphatic heterocycles. The highest BCUT2D eigenvalue weighted by Gasteiger charge is 2.27. The summed E-state index contributed by atoms with van der Waals surface area (Å²) in [7, 11) is 2.13. The van der Waals surface area contributed by atoms with Crippen molar-refractivity contribution in [1.29, 1.82) is 0 Å². The number of carbonyl (C=O) groups excluding carboxylic acids is 1. The molecule has 8 nitrogen and oxygen atoms in total. The third kappa shape index (κ3) is 3.62. The van der Waals surface area contributed by atoms with Crippen LogP contribution in [0, 0.1) is 0 Å². The van der Waals surface area contributed by atoms with E-state index in [0.29, 0.717) is 23.1 Å². The molecule has 156 valence electrons. The molecule has 0 bridgehead atoms. The number of nitrogen functional groups attached to an aromatic ring is 1. The summed E-state index contributed by atoms with van der Waals surface area (Å²) in [5.74, 6) is 2.09. The number of likely N-dealkylation sites (tertiary alicyclic amines) is 1. The zero-order valence-corrected chi connectivity index (χ0v) is 17.2. The van der Waals surface area contributed by atoms with Gasteiger partial charge in [0.1, 0.15) is 28.7 Å². The normalized spacial score (nSPS) is 16.6. The summed E-state index contributed by atoms with van der Waals surface area (Å²) >= 11 is 0. The van der Waals surface area contributed by atoms with E-state index >= 15 is 0 Å². The summed E-state index contributed by atoms with van der Waals surface area (Å²) in [4.78, 5) is 28.2. The van der Waals surface area contributed by atoms with Crippen molar-refractivity contribution in [1.82, 2.24) is 24.3 Å².